The van der Waals surface area contributed by atoms with Gasteiger partial charge in [0.15, 0.2) is 0 Å². The summed E-state index contributed by atoms with van der Waals surface area (Å²) in [5.74, 6) is -0.0139. The Hall–Kier alpha value is -1.50. The normalized spacial score (nSPS) is 22.4. The van der Waals surface area contributed by atoms with E-state index in [1.165, 1.54) is 0 Å². The van der Waals surface area contributed by atoms with E-state index in [2.05, 4.69) is 5.32 Å². The summed E-state index contributed by atoms with van der Waals surface area (Å²) in [6.45, 7) is 12.1. The molecule has 1 aliphatic rings. The molecular formula is C15H29N3O4. The second-order valence-electron chi connectivity index (χ2n) is 7.69. The van der Waals surface area contributed by atoms with Gasteiger partial charge in [-0.15, -0.1) is 0 Å². The van der Waals surface area contributed by atoms with Gasteiger partial charge in [-0.2, -0.15) is 0 Å². The molecule has 0 aliphatic carbocycles. The van der Waals surface area contributed by atoms with Gasteiger partial charge in [-0.25, -0.2) is 9.59 Å². The van der Waals surface area contributed by atoms with Crippen LogP contribution in [0.15, 0.2) is 0 Å². The van der Waals surface area contributed by atoms with Gasteiger partial charge in [0.05, 0.1) is 0 Å². The Morgan fingerprint density at radius 2 is 1.64 bits per heavy atom. The minimum absolute atomic E-state index is 0.0139. The second-order valence-corrected chi connectivity index (χ2v) is 7.69. The van der Waals surface area contributed by atoms with Crippen molar-refractivity contribution >= 4 is 12.2 Å². The van der Waals surface area contributed by atoms with Crippen LogP contribution >= 0.6 is 0 Å². The highest BCUT2D eigenvalue weighted by atomic mass is 16.6. The van der Waals surface area contributed by atoms with Crippen LogP contribution in [0.4, 0.5) is 9.59 Å². The van der Waals surface area contributed by atoms with E-state index in [4.69, 9.17) is 15.2 Å². The molecule has 0 radical (unpaired) electrons. The maximum Gasteiger partial charge on any atom is 0.410 e. The summed E-state index contributed by atoms with van der Waals surface area (Å²) in [5.41, 5.74) is 4.97. The largest absolute Gasteiger partial charge is 0.444 e. The number of hydrogen-bond acceptors (Lipinski definition) is 5. The number of amides is 2. The highest BCUT2D eigenvalue weighted by Crippen LogP contribution is 2.18. The maximum absolute atomic E-state index is 12.0. The van der Waals surface area contributed by atoms with Crippen LogP contribution in [0.25, 0.3) is 0 Å². The Bertz CT molecular complexity index is 412. The topological polar surface area (TPSA) is 93.9 Å². The van der Waals surface area contributed by atoms with Crippen molar-refractivity contribution in [3.8, 4) is 0 Å². The van der Waals surface area contributed by atoms with Gasteiger partial charge in [-0.05, 0) is 41.5 Å². The Morgan fingerprint density at radius 3 is 2.14 bits per heavy atom. The van der Waals surface area contributed by atoms with E-state index in [0.717, 1.165) is 0 Å². The van der Waals surface area contributed by atoms with Crippen molar-refractivity contribution in [1.82, 2.24) is 10.2 Å². The molecule has 1 aliphatic heterocycles. The Balaban J connectivity index is 2.44. The predicted octanol–water partition coefficient (Wildman–Crippen LogP) is 1.71. The summed E-state index contributed by atoms with van der Waals surface area (Å²) in [6, 6.07) is -0.192. The molecule has 2 atom stereocenters. The SMILES string of the molecule is CC(C)(C)OC(=O)NC[C@@H]1CN(C(=O)OC(C)(C)C)C[C@H]1N. The molecule has 0 bridgehead atoms. The van der Waals surface area contributed by atoms with Crippen LogP contribution in [0.3, 0.4) is 0 Å². The lowest BCUT2D eigenvalue weighted by atomic mass is 10.1. The quantitative estimate of drug-likeness (QED) is 0.809. The molecule has 0 aromatic heterocycles. The summed E-state index contributed by atoms with van der Waals surface area (Å²) in [7, 11) is 0. The van der Waals surface area contributed by atoms with Gasteiger partial charge in [-0.3, -0.25) is 0 Å². The minimum atomic E-state index is -0.537. The first kappa shape index (κ1) is 18.5. The highest BCUT2D eigenvalue weighted by Gasteiger charge is 2.35. The van der Waals surface area contributed by atoms with Gasteiger partial charge in [0.1, 0.15) is 11.2 Å². The molecule has 7 nitrogen and oxygen atoms in total. The second kappa shape index (κ2) is 6.73. The van der Waals surface area contributed by atoms with Crippen molar-refractivity contribution in [1.29, 1.82) is 0 Å². The van der Waals surface area contributed by atoms with Crippen LogP contribution in [0, 0.1) is 5.92 Å². The first-order chi connectivity index (χ1) is 9.87. The maximum atomic E-state index is 12.0. The number of alkyl carbamates (subject to hydrolysis) is 1. The third-order valence-corrected chi connectivity index (χ3v) is 3.05. The average Bonchev–Trinajstić information content (AvgIpc) is 2.63. The lowest BCUT2D eigenvalue weighted by Gasteiger charge is -2.24. The van der Waals surface area contributed by atoms with Crippen molar-refractivity contribution in [2.75, 3.05) is 19.6 Å². The van der Waals surface area contributed by atoms with E-state index in [0.29, 0.717) is 19.6 Å². The van der Waals surface area contributed by atoms with Gasteiger partial charge in [0.25, 0.3) is 0 Å². The molecule has 0 aromatic carbocycles. The van der Waals surface area contributed by atoms with E-state index in [-0.39, 0.29) is 18.1 Å². The zero-order valence-electron chi connectivity index (χ0n) is 14.4. The number of carbonyl (C=O) groups excluding carboxylic acids is 2. The summed E-state index contributed by atoms with van der Waals surface area (Å²) in [5, 5.41) is 2.70. The fourth-order valence-electron chi connectivity index (χ4n) is 2.12. The van der Waals surface area contributed by atoms with Gasteiger partial charge in [0.2, 0.25) is 0 Å². The predicted molar refractivity (Wildman–Crippen MR) is 83.5 cm³/mol. The molecule has 1 rings (SSSR count). The van der Waals surface area contributed by atoms with E-state index in [1.807, 2.05) is 20.8 Å². The van der Waals surface area contributed by atoms with Gasteiger partial charge >= 0.3 is 12.2 Å². The Kier molecular flexibility index (Phi) is 5.67. The molecule has 0 aromatic rings. The highest BCUT2D eigenvalue weighted by molar-refractivity contribution is 5.69. The van der Waals surface area contributed by atoms with Crippen molar-refractivity contribution in [2.45, 2.75) is 58.8 Å². The lowest BCUT2D eigenvalue weighted by Crippen LogP contribution is -2.40. The van der Waals surface area contributed by atoms with E-state index in [9.17, 15) is 9.59 Å². The first-order valence-corrected chi connectivity index (χ1v) is 7.58. The molecule has 1 fully saturated rings. The van der Waals surface area contributed by atoms with Crippen molar-refractivity contribution in [3.05, 3.63) is 0 Å². The van der Waals surface area contributed by atoms with Crippen LogP contribution in [0.5, 0.6) is 0 Å². The average molecular weight is 315 g/mol. The molecule has 1 saturated heterocycles. The van der Waals surface area contributed by atoms with Crippen LogP contribution in [0.2, 0.25) is 0 Å². The number of carbonyl (C=O) groups is 2. The van der Waals surface area contributed by atoms with Crippen molar-refractivity contribution in [2.24, 2.45) is 11.7 Å². The molecule has 3 N–H and O–H groups in total. The van der Waals surface area contributed by atoms with Gasteiger partial charge in [-0.1, -0.05) is 0 Å². The number of ether oxygens (including phenoxy) is 2. The number of likely N-dealkylation sites (tertiary alicyclic amines) is 1. The molecule has 22 heavy (non-hydrogen) atoms. The molecule has 2 amide bonds. The summed E-state index contributed by atoms with van der Waals surface area (Å²) in [6.07, 6.45) is -0.849. The molecule has 0 saturated carbocycles. The number of rotatable bonds is 2. The number of hydrogen-bond donors (Lipinski definition) is 2. The molecule has 7 heteroatoms. The fraction of sp³-hybridized carbons (Fsp3) is 0.867. The minimum Gasteiger partial charge on any atom is -0.444 e. The fourth-order valence-corrected chi connectivity index (χ4v) is 2.12. The summed E-state index contributed by atoms with van der Waals surface area (Å²) >= 11 is 0. The van der Waals surface area contributed by atoms with Crippen LogP contribution in [-0.4, -0.2) is 54.0 Å². The van der Waals surface area contributed by atoms with Gasteiger partial charge in [0, 0.05) is 31.6 Å². The van der Waals surface area contributed by atoms with Crippen LogP contribution in [-0.2, 0) is 9.47 Å². The third kappa shape index (κ3) is 6.51. The Morgan fingerprint density at radius 1 is 1.09 bits per heavy atom. The first-order valence-electron chi connectivity index (χ1n) is 7.58. The van der Waals surface area contributed by atoms with Crippen LogP contribution < -0.4 is 11.1 Å². The summed E-state index contributed by atoms with van der Waals surface area (Å²) < 4.78 is 10.5. The monoisotopic (exact) mass is 315 g/mol. The number of nitrogens with two attached hydrogens (primary N) is 1. The van der Waals surface area contributed by atoms with E-state index in [1.54, 1.807) is 25.7 Å². The standard InChI is InChI=1S/C15H29N3O4/c1-14(2,3)21-12(19)17-7-10-8-18(9-11(10)16)13(20)22-15(4,5)6/h10-11H,7-9,16H2,1-6H3,(H,17,19)/t10-,11-/m1/s1. The Labute approximate surface area is 132 Å². The zero-order valence-corrected chi connectivity index (χ0v) is 14.4. The van der Waals surface area contributed by atoms with E-state index >= 15 is 0 Å². The molecule has 128 valence electrons. The smallest absolute Gasteiger partial charge is 0.410 e. The van der Waals surface area contributed by atoms with Crippen LogP contribution in [0.1, 0.15) is 41.5 Å². The zero-order chi connectivity index (χ0) is 17.1. The van der Waals surface area contributed by atoms with Gasteiger partial charge < -0.3 is 25.4 Å². The molecule has 0 unspecified atom stereocenters. The number of nitrogens with zero attached hydrogens (tertiary/aromatic N) is 1. The van der Waals surface area contributed by atoms with Crippen molar-refractivity contribution < 1.29 is 19.1 Å². The van der Waals surface area contributed by atoms with Crippen molar-refractivity contribution in [3.63, 3.8) is 0 Å². The molecule has 1 heterocycles. The van der Waals surface area contributed by atoms with E-state index < -0.39 is 17.3 Å². The molecule has 0 spiro atoms. The summed E-state index contributed by atoms with van der Waals surface area (Å²) in [4.78, 5) is 25.2. The number of nitrogens with one attached hydrogen (secondary N) is 1. The lowest BCUT2D eigenvalue weighted by molar-refractivity contribution is 0.0287. The third-order valence-electron chi connectivity index (χ3n) is 3.05. The molecular weight excluding hydrogens is 286 g/mol.